The van der Waals surface area contributed by atoms with Crippen LogP contribution in [0, 0.1) is 5.82 Å². The maximum absolute atomic E-state index is 15.0. The van der Waals surface area contributed by atoms with Gasteiger partial charge in [0.2, 0.25) is 0 Å². The summed E-state index contributed by atoms with van der Waals surface area (Å²) in [5, 5.41) is 0. The molecule has 0 N–H and O–H groups in total. The topological polar surface area (TPSA) is 68.3 Å². The summed E-state index contributed by atoms with van der Waals surface area (Å²) in [6, 6.07) is 4.15. The van der Waals surface area contributed by atoms with Gasteiger partial charge in [-0.3, -0.25) is 4.79 Å². The van der Waals surface area contributed by atoms with E-state index in [4.69, 9.17) is 14.0 Å². The van der Waals surface area contributed by atoms with Crippen molar-refractivity contribution in [1.82, 2.24) is 9.80 Å². The lowest BCUT2D eigenvalue weighted by atomic mass is 9.78. The quantitative estimate of drug-likeness (QED) is 0.651. The summed E-state index contributed by atoms with van der Waals surface area (Å²) in [5.41, 5.74) is -1.23. The predicted molar refractivity (Wildman–Crippen MR) is 120 cm³/mol. The van der Waals surface area contributed by atoms with Crippen molar-refractivity contribution in [2.75, 3.05) is 19.6 Å². The summed E-state index contributed by atoms with van der Waals surface area (Å²) in [6.45, 7) is 16.0. The van der Waals surface area contributed by atoms with Gasteiger partial charge in [-0.25, -0.2) is 9.18 Å². The summed E-state index contributed by atoms with van der Waals surface area (Å²) in [5.74, 6) is -0.824. The average molecular weight is 448 g/mol. The van der Waals surface area contributed by atoms with Crippen molar-refractivity contribution in [2.24, 2.45) is 0 Å². The van der Waals surface area contributed by atoms with Crippen LogP contribution >= 0.6 is 0 Å². The SMILES string of the molecule is CC1CN(C(=O)OC(C)(C)C)CCN1C(=O)c1ccc(B2OC(C)(C)C(C)(C)O2)c(F)c1. The average Bonchev–Trinajstić information content (AvgIpc) is 2.86. The molecule has 2 fully saturated rings. The van der Waals surface area contributed by atoms with Crippen LogP contribution in [0.1, 0.15) is 65.7 Å². The van der Waals surface area contributed by atoms with E-state index in [2.05, 4.69) is 0 Å². The van der Waals surface area contributed by atoms with E-state index in [9.17, 15) is 14.0 Å². The lowest BCUT2D eigenvalue weighted by Crippen LogP contribution is -2.56. The van der Waals surface area contributed by atoms with Gasteiger partial charge in [0.25, 0.3) is 5.91 Å². The molecule has 7 nitrogen and oxygen atoms in total. The van der Waals surface area contributed by atoms with E-state index in [1.165, 1.54) is 6.07 Å². The first kappa shape index (κ1) is 24.5. The second kappa shape index (κ2) is 8.34. The zero-order chi connectivity index (χ0) is 24.1. The minimum absolute atomic E-state index is 0.227. The van der Waals surface area contributed by atoms with Gasteiger partial charge in [0, 0.05) is 36.7 Å². The molecule has 9 heteroatoms. The Kier molecular flexibility index (Phi) is 6.39. The second-order valence-electron chi connectivity index (χ2n) is 10.6. The zero-order valence-electron chi connectivity index (χ0n) is 20.3. The van der Waals surface area contributed by atoms with Crippen molar-refractivity contribution >= 4 is 24.6 Å². The van der Waals surface area contributed by atoms with Gasteiger partial charge in [0.05, 0.1) is 11.2 Å². The van der Waals surface area contributed by atoms with Crippen LogP contribution in [0.2, 0.25) is 0 Å². The molecule has 2 saturated heterocycles. The molecule has 2 heterocycles. The van der Waals surface area contributed by atoms with Crippen LogP contribution in [-0.2, 0) is 14.0 Å². The highest BCUT2D eigenvalue weighted by Crippen LogP contribution is 2.36. The molecule has 2 aliphatic heterocycles. The summed E-state index contributed by atoms with van der Waals surface area (Å²) in [6.07, 6.45) is -0.394. The van der Waals surface area contributed by atoms with Gasteiger partial charge in [-0.05, 0) is 67.5 Å². The van der Waals surface area contributed by atoms with Crippen molar-refractivity contribution in [2.45, 2.75) is 78.2 Å². The maximum Gasteiger partial charge on any atom is 0.497 e. The Labute approximate surface area is 190 Å². The van der Waals surface area contributed by atoms with E-state index in [0.29, 0.717) is 19.6 Å². The third-order valence-corrected chi connectivity index (χ3v) is 6.29. The van der Waals surface area contributed by atoms with Crippen LogP contribution in [0.25, 0.3) is 0 Å². The number of ether oxygens (including phenoxy) is 1. The van der Waals surface area contributed by atoms with Crippen LogP contribution in [0.4, 0.5) is 9.18 Å². The first-order chi connectivity index (χ1) is 14.6. The Balaban J connectivity index is 1.69. The predicted octanol–water partition coefficient (Wildman–Crippen LogP) is 3.21. The Morgan fingerprint density at radius 2 is 1.72 bits per heavy atom. The van der Waals surface area contributed by atoms with Crippen molar-refractivity contribution in [1.29, 1.82) is 0 Å². The highest BCUT2D eigenvalue weighted by atomic mass is 19.1. The molecule has 176 valence electrons. The third-order valence-electron chi connectivity index (χ3n) is 6.29. The third kappa shape index (κ3) is 4.93. The molecule has 3 rings (SSSR count). The normalized spacial score (nSPS) is 22.8. The van der Waals surface area contributed by atoms with Crippen molar-refractivity contribution in [3.63, 3.8) is 0 Å². The summed E-state index contributed by atoms with van der Waals surface area (Å²) in [4.78, 5) is 28.7. The molecule has 1 aromatic rings. The molecule has 0 saturated carbocycles. The molecule has 32 heavy (non-hydrogen) atoms. The highest BCUT2D eigenvalue weighted by molar-refractivity contribution is 6.62. The molecule has 0 aromatic heterocycles. The van der Waals surface area contributed by atoms with Crippen molar-refractivity contribution in [3.8, 4) is 0 Å². The van der Waals surface area contributed by atoms with Gasteiger partial charge in [0.1, 0.15) is 11.4 Å². The first-order valence-corrected chi connectivity index (χ1v) is 11.1. The standard InChI is InChI=1S/C23H34BFN2O5/c1-15-14-26(20(29)30-21(2,3)4)11-12-27(15)19(28)16-9-10-17(18(25)13-16)24-31-22(5,6)23(7,8)32-24/h9-10,13,15H,11-12,14H2,1-8H3. The number of rotatable bonds is 2. The van der Waals surface area contributed by atoms with Crippen molar-refractivity contribution in [3.05, 3.63) is 29.6 Å². The number of piperazine rings is 1. The summed E-state index contributed by atoms with van der Waals surface area (Å²) >= 11 is 0. The number of amides is 2. The number of nitrogens with zero attached hydrogens (tertiary/aromatic N) is 2. The second-order valence-corrected chi connectivity index (χ2v) is 10.6. The maximum atomic E-state index is 15.0. The molecule has 1 aromatic carbocycles. The van der Waals surface area contributed by atoms with Crippen molar-refractivity contribution < 1.29 is 28.0 Å². The first-order valence-electron chi connectivity index (χ1n) is 11.1. The number of carbonyl (C=O) groups excluding carboxylic acids is 2. The zero-order valence-corrected chi connectivity index (χ0v) is 20.3. The van der Waals surface area contributed by atoms with Gasteiger partial charge < -0.3 is 23.8 Å². The molecule has 1 atom stereocenters. The van der Waals surface area contributed by atoms with Gasteiger partial charge in [0.15, 0.2) is 0 Å². The molecule has 0 radical (unpaired) electrons. The molecular weight excluding hydrogens is 414 g/mol. The van der Waals surface area contributed by atoms with E-state index in [-0.39, 0.29) is 23.0 Å². The van der Waals surface area contributed by atoms with Crippen LogP contribution < -0.4 is 5.46 Å². The Hall–Kier alpha value is -2.13. The van der Waals surface area contributed by atoms with E-state index in [1.54, 1.807) is 21.9 Å². The fraction of sp³-hybridized carbons (Fsp3) is 0.652. The monoisotopic (exact) mass is 448 g/mol. The van der Waals surface area contributed by atoms with E-state index in [1.807, 2.05) is 55.4 Å². The minimum atomic E-state index is -0.833. The van der Waals surface area contributed by atoms with Gasteiger partial charge in [-0.2, -0.15) is 0 Å². The fourth-order valence-electron chi connectivity index (χ4n) is 3.74. The molecule has 0 spiro atoms. The van der Waals surface area contributed by atoms with Crippen LogP contribution in [0.3, 0.4) is 0 Å². The molecule has 0 bridgehead atoms. The summed E-state index contributed by atoms with van der Waals surface area (Å²) in [7, 11) is -0.833. The Morgan fingerprint density at radius 3 is 2.22 bits per heavy atom. The van der Waals surface area contributed by atoms with E-state index in [0.717, 1.165) is 0 Å². The molecular formula is C23H34BFN2O5. The van der Waals surface area contributed by atoms with Gasteiger partial charge in [-0.1, -0.05) is 6.07 Å². The lowest BCUT2D eigenvalue weighted by molar-refractivity contribution is 0.00578. The number of benzene rings is 1. The Bertz CT molecular complexity index is 883. The number of carbonyl (C=O) groups is 2. The fourth-order valence-corrected chi connectivity index (χ4v) is 3.74. The number of hydrogen-bond donors (Lipinski definition) is 0. The largest absolute Gasteiger partial charge is 0.497 e. The highest BCUT2D eigenvalue weighted by Gasteiger charge is 2.52. The number of hydrogen-bond acceptors (Lipinski definition) is 5. The van der Waals surface area contributed by atoms with Crippen LogP contribution in [0.5, 0.6) is 0 Å². The van der Waals surface area contributed by atoms with Gasteiger partial charge >= 0.3 is 13.2 Å². The van der Waals surface area contributed by atoms with E-state index < -0.39 is 35.8 Å². The summed E-state index contributed by atoms with van der Waals surface area (Å²) < 4.78 is 32.2. The Morgan fingerprint density at radius 1 is 1.12 bits per heavy atom. The molecule has 0 aliphatic carbocycles. The van der Waals surface area contributed by atoms with E-state index >= 15 is 0 Å². The van der Waals surface area contributed by atoms with Crippen LogP contribution in [0.15, 0.2) is 18.2 Å². The molecule has 2 amide bonds. The van der Waals surface area contributed by atoms with Crippen LogP contribution in [-0.4, -0.2) is 71.4 Å². The number of halogens is 1. The lowest BCUT2D eigenvalue weighted by Gasteiger charge is -2.40. The molecule has 1 unspecified atom stereocenters. The molecule has 2 aliphatic rings. The minimum Gasteiger partial charge on any atom is -0.444 e. The smallest absolute Gasteiger partial charge is 0.444 e. The van der Waals surface area contributed by atoms with Gasteiger partial charge in [-0.15, -0.1) is 0 Å².